The SMILES string of the molecule is N#CN(C(=O)[C@H]1CCNC1)c1nc2c(Br)cccc2s1. The molecular formula is C13H11BrN4OS. The third kappa shape index (κ3) is 2.30. The molecule has 102 valence electrons. The van der Waals surface area contributed by atoms with E-state index in [9.17, 15) is 10.1 Å². The fraction of sp³-hybridized carbons (Fsp3) is 0.308. The van der Waals surface area contributed by atoms with E-state index in [0.29, 0.717) is 11.7 Å². The molecule has 1 fully saturated rings. The van der Waals surface area contributed by atoms with Crippen LogP contribution in [0.2, 0.25) is 0 Å². The maximum atomic E-state index is 12.4. The van der Waals surface area contributed by atoms with Gasteiger partial charge >= 0.3 is 0 Å². The molecule has 0 aliphatic carbocycles. The molecule has 1 atom stereocenters. The van der Waals surface area contributed by atoms with Gasteiger partial charge in [-0.15, -0.1) is 0 Å². The van der Waals surface area contributed by atoms with Crippen LogP contribution < -0.4 is 10.2 Å². The van der Waals surface area contributed by atoms with Crippen LogP contribution in [0.4, 0.5) is 5.13 Å². The molecule has 1 N–H and O–H groups in total. The predicted octanol–water partition coefficient (Wildman–Crippen LogP) is 2.48. The van der Waals surface area contributed by atoms with Crippen LogP contribution in [-0.2, 0) is 4.79 Å². The molecule has 0 bridgehead atoms. The van der Waals surface area contributed by atoms with Crippen molar-refractivity contribution in [2.24, 2.45) is 5.92 Å². The molecule has 1 aliphatic rings. The average molecular weight is 351 g/mol. The van der Waals surface area contributed by atoms with Gasteiger partial charge in [-0.2, -0.15) is 10.2 Å². The number of rotatable bonds is 2. The van der Waals surface area contributed by atoms with Gasteiger partial charge in [0, 0.05) is 11.0 Å². The molecule has 1 aromatic heterocycles. The van der Waals surface area contributed by atoms with Gasteiger partial charge in [-0.25, -0.2) is 4.98 Å². The first-order chi connectivity index (χ1) is 9.70. The first-order valence-corrected chi connectivity index (χ1v) is 7.81. The van der Waals surface area contributed by atoms with E-state index in [1.54, 1.807) is 0 Å². The Kier molecular flexibility index (Phi) is 3.70. The van der Waals surface area contributed by atoms with Crippen LogP contribution in [-0.4, -0.2) is 24.0 Å². The molecule has 7 heteroatoms. The molecule has 0 radical (unpaired) electrons. The van der Waals surface area contributed by atoms with Gasteiger partial charge in [-0.05, 0) is 41.0 Å². The summed E-state index contributed by atoms with van der Waals surface area (Å²) in [6.45, 7) is 1.45. The van der Waals surface area contributed by atoms with Gasteiger partial charge in [-0.3, -0.25) is 4.79 Å². The summed E-state index contributed by atoms with van der Waals surface area (Å²) in [6.07, 6.45) is 2.73. The molecular weight excluding hydrogens is 340 g/mol. The number of fused-ring (bicyclic) bond motifs is 1. The summed E-state index contributed by atoms with van der Waals surface area (Å²) in [6, 6.07) is 5.73. The van der Waals surface area contributed by atoms with Gasteiger partial charge < -0.3 is 5.32 Å². The van der Waals surface area contributed by atoms with Crippen molar-refractivity contribution in [2.45, 2.75) is 6.42 Å². The van der Waals surface area contributed by atoms with E-state index in [2.05, 4.69) is 26.2 Å². The molecule has 1 aliphatic heterocycles. The van der Waals surface area contributed by atoms with Crippen LogP contribution >= 0.6 is 27.3 Å². The van der Waals surface area contributed by atoms with Gasteiger partial charge in [-0.1, -0.05) is 17.4 Å². The summed E-state index contributed by atoms with van der Waals surface area (Å²) >= 11 is 4.78. The summed E-state index contributed by atoms with van der Waals surface area (Å²) in [5.41, 5.74) is 0.782. The Morgan fingerprint density at radius 1 is 1.60 bits per heavy atom. The number of carbonyl (C=O) groups excluding carboxylic acids is 1. The van der Waals surface area contributed by atoms with Crippen LogP contribution in [0.15, 0.2) is 22.7 Å². The molecule has 1 saturated heterocycles. The molecule has 3 rings (SSSR count). The van der Waals surface area contributed by atoms with Crippen molar-refractivity contribution in [1.29, 1.82) is 5.26 Å². The molecule has 20 heavy (non-hydrogen) atoms. The van der Waals surface area contributed by atoms with Gasteiger partial charge in [0.15, 0.2) is 6.19 Å². The summed E-state index contributed by atoms with van der Waals surface area (Å²) in [4.78, 5) is 17.9. The number of halogens is 1. The molecule has 0 saturated carbocycles. The number of benzene rings is 1. The van der Waals surface area contributed by atoms with Gasteiger partial charge in [0.1, 0.15) is 0 Å². The number of nitrogens with zero attached hydrogens (tertiary/aromatic N) is 3. The number of hydrogen-bond acceptors (Lipinski definition) is 5. The van der Waals surface area contributed by atoms with Crippen molar-refractivity contribution < 1.29 is 4.79 Å². The summed E-state index contributed by atoms with van der Waals surface area (Å²) in [5, 5.41) is 12.9. The fourth-order valence-electron chi connectivity index (χ4n) is 2.23. The zero-order valence-electron chi connectivity index (χ0n) is 10.5. The molecule has 1 amide bonds. The van der Waals surface area contributed by atoms with Crippen molar-refractivity contribution in [1.82, 2.24) is 10.3 Å². The number of carbonyl (C=O) groups is 1. The number of nitriles is 1. The van der Waals surface area contributed by atoms with Crippen molar-refractivity contribution in [3.8, 4) is 6.19 Å². The number of nitrogens with one attached hydrogen (secondary N) is 1. The Morgan fingerprint density at radius 2 is 2.45 bits per heavy atom. The number of anilines is 1. The Hall–Kier alpha value is -1.49. The largest absolute Gasteiger partial charge is 0.316 e. The molecule has 0 spiro atoms. The minimum absolute atomic E-state index is 0.134. The Balaban J connectivity index is 1.97. The Labute approximate surface area is 128 Å². The molecule has 2 heterocycles. The highest BCUT2D eigenvalue weighted by Crippen LogP contribution is 2.33. The van der Waals surface area contributed by atoms with Crippen molar-refractivity contribution in [2.75, 3.05) is 18.0 Å². The van der Waals surface area contributed by atoms with Gasteiger partial charge in [0.05, 0.1) is 16.1 Å². The van der Waals surface area contributed by atoms with Gasteiger partial charge in [0.2, 0.25) is 11.0 Å². The summed E-state index contributed by atoms with van der Waals surface area (Å²) < 4.78 is 1.82. The lowest BCUT2D eigenvalue weighted by Gasteiger charge is -2.14. The molecule has 2 aromatic rings. The van der Waals surface area contributed by atoms with E-state index in [1.807, 2.05) is 24.4 Å². The summed E-state index contributed by atoms with van der Waals surface area (Å²) in [5.74, 6) is -0.308. The van der Waals surface area contributed by atoms with E-state index >= 15 is 0 Å². The second kappa shape index (κ2) is 5.48. The van der Waals surface area contributed by atoms with E-state index < -0.39 is 0 Å². The van der Waals surface area contributed by atoms with E-state index in [4.69, 9.17) is 0 Å². The molecule has 0 unspecified atom stereocenters. The van der Waals surface area contributed by atoms with Crippen molar-refractivity contribution in [3.63, 3.8) is 0 Å². The van der Waals surface area contributed by atoms with E-state index in [1.165, 1.54) is 11.3 Å². The van der Waals surface area contributed by atoms with E-state index in [-0.39, 0.29) is 11.8 Å². The highest BCUT2D eigenvalue weighted by atomic mass is 79.9. The lowest BCUT2D eigenvalue weighted by Crippen LogP contribution is -2.33. The summed E-state index contributed by atoms with van der Waals surface area (Å²) in [7, 11) is 0. The maximum Gasteiger partial charge on any atom is 0.246 e. The second-order valence-corrected chi connectivity index (χ2v) is 6.41. The highest BCUT2D eigenvalue weighted by Gasteiger charge is 2.30. The van der Waals surface area contributed by atoms with Crippen LogP contribution in [0.3, 0.4) is 0 Å². The van der Waals surface area contributed by atoms with Crippen molar-refractivity contribution in [3.05, 3.63) is 22.7 Å². The van der Waals surface area contributed by atoms with Crippen LogP contribution in [0, 0.1) is 17.4 Å². The topological polar surface area (TPSA) is 69.0 Å². The number of hydrogen-bond donors (Lipinski definition) is 1. The smallest absolute Gasteiger partial charge is 0.246 e. The fourth-order valence-corrected chi connectivity index (χ4v) is 3.77. The number of aromatic nitrogens is 1. The van der Waals surface area contributed by atoms with Crippen LogP contribution in [0.1, 0.15) is 6.42 Å². The number of para-hydroxylation sites is 1. The average Bonchev–Trinajstić information content (AvgIpc) is 3.08. The minimum atomic E-state index is -0.173. The number of thiazole rings is 1. The lowest BCUT2D eigenvalue weighted by molar-refractivity contribution is -0.121. The standard InChI is InChI=1S/C13H11BrN4OS/c14-9-2-1-3-10-11(9)17-13(20-10)18(7-15)12(19)8-4-5-16-6-8/h1-3,8,16H,4-6H2/t8-/m0/s1. The lowest BCUT2D eigenvalue weighted by atomic mass is 10.1. The van der Waals surface area contributed by atoms with Gasteiger partial charge in [0.25, 0.3) is 0 Å². The highest BCUT2D eigenvalue weighted by molar-refractivity contribution is 9.10. The van der Waals surface area contributed by atoms with Crippen molar-refractivity contribution >= 4 is 48.5 Å². The Morgan fingerprint density at radius 3 is 3.10 bits per heavy atom. The monoisotopic (exact) mass is 350 g/mol. The molecule has 1 aromatic carbocycles. The normalized spacial score (nSPS) is 18.1. The maximum absolute atomic E-state index is 12.4. The number of amides is 1. The van der Waals surface area contributed by atoms with E-state index in [0.717, 1.165) is 32.6 Å². The zero-order valence-corrected chi connectivity index (χ0v) is 12.9. The first kappa shape index (κ1) is 13.5. The third-order valence-corrected chi connectivity index (χ3v) is 4.93. The van der Waals surface area contributed by atoms with Crippen LogP contribution in [0.25, 0.3) is 10.2 Å². The quantitative estimate of drug-likeness (QED) is 0.667. The Bertz CT molecular complexity index is 702. The third-order valence-electron chi connectivity index (χ3n) is 3.28. The minimum Gasteiger partial charge on any atom is -0.316 e. The second-order valence-electron chi connectivity index (χ2n) is 4.55. The molecule has 5 nitrogen and oxygen atoms in total. The zero-order chi connectivity index (χ0) is 14.1. The first-order valence-electron chi connectivity index (χ1n) is 6.20. The predicted molar refractivity (Wildman–Crippen MR) is 81.4 cm³/mol. The van der Waals surface area contributed by atoms with Crippen LogP contribution in [0.5, 0.6) is 0 Å².